The van der Waals surface area contributed by atoms with Crippen LogP contribution in [-0.4, -0.2) is 22.1 Å². The van der Waals surface area contributed by atoms with Gasteiger partial charge in [0.15, 0.2) is 5.16 Å². The normalized spacial score (nSPS) is 18.9. The monoisotopic (exact) mass is 234 g/mol. The lowest BCUT2D eigenvalue weighted by Gasteiger charge is -2.03. The number of ether oxygens (including phenoxy) is 1. The predicted molar refractivity (Wildman–Crippen MR) is 62.7 cm³/mol. The van der Waals surface area contributed by atoms with E-state index in [-0.39, 0.29) is 11.0 Å². The van der Waals surface area contributed by atoms with Gasteiger partial charge in [-0.15, -0.1) is 0 Å². The number of thioether (sulfide) groups is 1. The number of rotatable bonds is 1. The van der Waals surface area contributed by atoms with Crippen LogP contribution in [0.4, 0.5) is 0 Å². The average Bonchev–Trinajstić information content (AvgIpc) is 2.73. The van der Waals surface area contributed by atoms with Crippen molar-refractivity contribution in [2.75, 3.05) is 7.11 Å². The Balaban J connectivity index is 2.28. The molecule has 0 bridgehead atoms. The highest BCUT2D eigenvalue weighted by molar-refractivity contribution is 7.99. The molecule has 0 radical (unpaired) electrons. The fourth-order valence-corrected chi connectivity index (χ4v) is 2.82. The molecule has 1 aromatic heterocycles. The highest BCUT2D eigenvalue weighted by Gasteiger charge is 2.25. The van der Waals surface area contributed by atoms with Gasteiger partial charge < -0.3 is 4.74 Å². The highest BCUT2D eigenvalue weighted by atomic mass is 32.2. The van der Waals surface area contributed by atoms with E-state index in [0.29, 0.717) is 11.9 Å². The Labute approximate surface area is 96.2 Å². The molecular formula is C11H10N2O2S. The van der Waals surface area contributed by atoms with Crippen molar-refractivity contribution in [1.82, 2.24) is 9.55 Å². The van der Waals surface area contributed by atoms with Crippen molar-refractivity contribution >= 4 is 22.7 Å². The van der Waals surface area contributed by atoms with Crippen molar-refractivity contribution < 1.29 is 4.74 Å². The Bertz CT molecular complexity index is 608. The summed E-state index contributed by atoms with van der Waals surface area (Å²) < 4.78 is 6.92. The molecule has 2 aromatic rings. The Kier molecular flexibility index (Phi) is 2.22. The van der Waals surface area contributed by atoms with Crippen molar-refractivity contribution in [2.45, 2.75) is 17.1 Å². The van der Waals surface area contributed by atoms with Gasteiger partial charge in [0.25, 0.3) is 5.56 Å². The summed E-state index contributed by atoms with van der Waals surface area (Å²) >= 11 is 1.49. The number of aromatic nitrogens is 2. The standard InChI is InChI=1S/C11H10N2O2S/c1-15-9-6-13-10(14)7-4-2-3-5-8(7)12-11(13)16-9/h2-5,9H,6H2,1H3/t9-/m1/s1. The second-order valence-electron chi connectivity index (χ2n) is 3.61. The maximum atomic E-state index is 12.1. The zero-order valence-corrected chi connectivity index (χ0v) is 9.53. The summed E-state index contributed by atoms with van der Waals surface area (Å²) in [5.41, 5.74) is 0.771. The second-order valence-corrected chi connectivity index (χ2v) is 4.74. The number of nitrogens with zero attached hydrogens (tertiary/aromatic N) is 2. The van der Waals surface area contributed by atoms with Gasteiger partial charge >= 0.3 is 0 Å². The fourth-order valence-electron chi connectivity index (χ4n) is 1.83. The Morgan fingerprint density at radius 1 is 1.50 bits per heavy atom. The molecule has 0 saturated carbocycles. The summed E-state index contributed by atoms with van der Waals surface area (Å²) in [6.07, 6.45) is 0. The van der Waals surface area contributed by atoms with E-state index in [4.69, 9.17) is 4.74 Å². The van der Waals surface area contributed by atoms with E-state index in [0.717, 1.165) is 10.7 Å². The summed E-state index contributed by atoms with van der Waals surface area (Å²) in [6.45, 7) is 0.577. The molecule has 1 aliphatic heterocycles. The molecule has 3 rings (SSSR count). The average molecular weight is 234 g/mol. The van der Waals surface area contributed by atoms with Crippen LogP contribution in [0.15, 0.2) is 34.2 Å². The molecule has 4 nitrogen and oxygen atoms in total. The van der Waals surface area contributed by atoms with E-state index in [1.165, 1.54) is 11.8 Å². The minimum atomic E-state index is -0.00277. The molecular weight excluding hydrogens is 224 g/mol. The van der Waals surface area contributed by atoms with Gasteiger partial charge in [-0.05, 0) is 12.1 Å². The van der Waals surface area contributed by atoms with Gasteiger partial charge in [-0.25, -0.2) is 4.98 Å². The molecule has 16 heavy (non-hydrogen) atoms. The van der Waals surface area contributed by atoms with Crippen LogP contribution in [0.1, 0.15) is 0 Å². The molecule has 1 aliphatic rings. The van der Waals surface area contributed by atoms with Crippen LogP contribution in [-0.2, 0) is 11.3 Å². The highest BCUT2D eigenvalue weighted by Crippen LogP contribution is 2.30. The molecule has 0 spiro atoms. The predicted octanol–water partition coefficient (Wildman–Crippen LogP) is 1.47. The maximum Gasteiger partial charge on any atom is 0.262 e. The Morgan fingerprint density at radius 3 is 3.12 bits per heavy atom. The van der Waals surface area contributed by atoms with Crippen LogP contribution in [0, 0.1) is 0 Å². The van der Waals surface area contributed by atoms with Gasteiger partial charge in [0.1, 0.15) is 5.44 Å². The SMILES string of the molecule is CO[C@H]1Cn2c(nc3ccccc3c2=O)S1. The Hall–Kier alpha value is -1.33. The first-order chi connectivity index (χ1) is 7.79. The van der Waals surface area contributed by atoms with Gasteiger partial charge in [0, 0.05) is 7.11 Å². The third-order valence-electron chi connectivity index (χ3n) is 2.66. The van der Waals surface area contributed by atoms with E-state index in [1.807, 2.05) is 24.3 Å². The zero-order valence-electron chi connectivity index (χ0n) is 8.71. The molecule has 82 valence electrons. The Morgan fingerprint density at radius 2 is 2.31 bits per heavy atom. The van der Waals surface area contributed by atoms with Crippen molar-refractivity contribution in [2.24, 2.45) is 0 Å². The maximum absolute atomic E-state index is 12.1. The lowest BCUT2D eigenvalue weighted by molar-refractivity contribution is 0.162. The van der Waals surface area contributed by atoms with Crippen LogP contribution < -0.4 is 5.56 Å². The molecule has 0 unspecified atom stereocenters. The van der Waals surface area contributed by atoms with Crippen molar-refractivity contribution in [3.8, 4) is 0 Å². The van der Waals surface area contributed by atoms with Gasteiger partial charge in [-0.1, -0.05) is 23.9 Å². The minimum absolute atomic E-state index is 0.00277. The minimum Gasteiger partial charge on any atom is -0.368 e. The molecule has 0 amide bonds. The summed E-state index contributed by atoms with van der Waals surface area (Å²) in [6, 6.07) is 7.41. The molecule has 0 fully saturated rings. The lowest BCUT2D eigenvalue weighted by Crippen LogP contribution is -2.22. The first kappa shape index (κ1) is 9.86. The molecule has 0 N–H and O–H groups in total. The summed E-state index contributed by atoms with van der Waals surface area (Å²) in [5, 5.41) is 1.42. The third-order valence-corrected chi connectivity index (χ3v) is 3.78. The van der Waals surface area contributed by atoms with Gasteiger partial charge in [-0.3, -0.25) is 9.36 Å². The number of hydrogen-bond acceptors (Lipinski definition) is 4. The van der Waals surface area contributed by atoms with Crippen LogP contribution in [0.5, 0.6) is 0 Å². The molecule has 0 aliphatic carbocycles. The van der Waals surface area contributed by atoms with Crippen molar-refractivity contribution in [3.05, 3.63) is 34.6 Å². The summed E-state index contributed by atoms with van der Waals surface area (Å²) in [4.78, 5) is 16.6. The van der Waals surface area contributed by atoms with E-state index < -0.39 is 0 Å². The van der Waals surface area contributed by atoms with E-state index in [2.05, 4.69) is 4.98 Å². The summed E-state index contributed by atoms with van der Waals surface area (Å²) in [7, 11) is 1.65. The molecule has 1 atom stereocenters. The van der Waals surface area contributed by atoms with Crippen LogP contribution >= 0.6 is 11.8 Å². The van der Waals surface area contributed by atoms with Gasteiger partial charge in [-0.2, -0.15) is 0 Å². The smallest absolute Gasteiger partial charge is 0.262 e. The van der Waals surface area contributed by atoms with Crippen LogP contribution in [0.2, 0.25) is 0 Å². The lowest BCUT2D eigenvalue weighted by atomic mass is 10.2. The van der Waals surface area contributed by atoms with E-state index in [1.54, 1.807) is 11.7 Å². The molecule has 1 aromatic carbocycles. The molecule has 2 heterocycles. The van der Waals surface area contributed by atoms with Gasteiger partial charge in [0.05, 0.1) is 17.4 Å². The second kappa shape index (κ2) is 3.61. The van der Waals surface area contributed by atoms with Crippen LogP contribution in [0.25, 0.3) is 10.9 Å². The number of methoxy groups -OCH3 is 1. The van der Waals surface area contributed by atoms with Crippen LogP contribution in [0.3, 0.4) is 0 Å². The topological polar surface area (TPSA) is 44.1 Å². The zero-order chi connectivity index (χ0) is 11.1. The fraction of sp³-hybridized carbons (Fsp3) is 0.273. The first-order valence-corrected chi connectivity index (χ1v) is 5.86. The number of fused-ring (bicyclic) bond motifs is 2. The third kappa shape index (κ3) is 1.36. The van der Waals surface area contributed by atoms with Crippen molar-refractivity contribution in [1.29, 1.82) is 0 Å². The van der Waals surface area contributed by atoms with Gasteiger partial charge in [0.2, 0.25) is 0 Å². The molecule has 0 saturated heterocycles. The van der Waals surface area contributed by atoms with Crippen molar-refractivity contribution in [3.63, 3.8) is 0 Å². The largest absolute Gasteiger partial charge is 0.368 e. The van der Waals surface area contributed by atoms with E-state index in [9.17, 15) is 4.79 Å². The number of hydrogen-bond donors (Lipinski definition) is 0. The summed E-state index contributed by atoms with van der Waals surface area (Å²) in [5.74, 6) is 0. The molecule has 5 heteroatoms. The van der Waals surface area contributed by atoms with E-state index >= 15 is 0 Å². The number of benzene rings is 1. The number of para-hydroxylation sites is 1. The quantitative estimate of drug-likeness (QED) is 0.701. The first-order valence-electron chi connectivity index (χ1n) is 4.98.